The number of carbonyl (C=O) groups is 3. The summed E-state index contributed by atoms with van der Waals surface area (Å²) in [6.07, 6.45) is 1.41. The highest BCUT2D eigenvalue weighted by atomic mass is 32.2. The minimum Gasteiger partial charge on any atom is -0.321 e. The van der Waals surface area contributed by atoms with Crippen LogP contribution in [0.15, 0.2) is 119 Å². The first kappa shape index (κ1) is 34.2. The fourth-order valence-electron chi connectivity index (χ4n) is 4.35. The van der Waals surface area contributed by atoms with E-state index in [9.17, 15) is 34.6 Å². The first-order chi connectivity index (χ1) is 23.5. The second-order valence-corrected chi connectivity index (χ2v) is 12.6. The molecule has 0 spiro atoms. The maximum Gasteiger partial charge on any atom is 0.272 e. The maximum absolute atomic E-state index is 13.4. The average molecular weight is 695 g/mol. The number of thiazole rings is 1. The van der Waals surface area contributed by atoms with Crippen LogP contribution in [0.1, 0.15) is 22.8 Å². The summed E-state index contributed by atoms with van der Waals surface area (Å²) in [5.41, 5.74) is 1.94. The highest BCUT2D eigenvalue weighted by Gasteiger charge is 2.19. The van der Waals surface area contributed by atoms with Crippen LogP contribution in [0.4, 0.5) is 22.2 Å². The van der Waals surface area contributed by atoms with Crippen molar-refractivity contribution in [2.24, 2.45) is 0 Å². The normalized spacial score (nSPS) is 11.7. The minimum atomic E-state index is -0.640. The summed E-state index contributed by atoms with van der Waals surface area (Å²) in [4.78, 5) is 65.6. The van der Waals surface area contributed by atoms with Gasteiger partial charge in [-0.05, 0) is 61.0 Å². The van der Waals surface area contributed by atoms with Crippen LogP contribution >= 0.6 is 23.1 Å². The van der Waals surface area contributed by atoms with Gasteiger partial charge >= 0.3 is 0 Å². The van der Waals surface area contributed by atoms with Crippen LogP contribution in [0.5, 0.6) is 0 Å². The second kappa shape index (κ2) is 15.6. The maximum atomic E-state index is 13.4. The molecule has 0 bridgehead atoms. The number of nitro groups is 2. The largest absolute Gasteiger partial charge is 0.321 e. The van der Waals surface area contributed by atoms with E-state index in [-0.39, 0.29) is 23.0 Å². The Hall–Kier alpha value is -6.19. The van der Waals surface area contributed by atoms with E-state index in [1.807, 2.05) is 0 Å². The summed E-state index contributed by atoms with van der Waals surface area (Å²) < 4.78 is 0. The van der Waals surface area contributed by atoms with E-state index in [0.29, 0.717) is 38.1 Å². The van der Waals surface area contributed by atoms with E-state index in [0.717, 1.165) is 0 Å². The molecule has 0 saturated heterocycles. The molecule has 15 heteroatoms. The number of nitrogens with zero attached hydrogens (tertiary/aromatic N) is 3. The lowest BCUT2D eigenvalue weighted by Crippen LogP contribution is -2.30. The van der Waals surface area contributed by atoms with Crippen LogP contribution in [0, 0.1) is 20.2 Å². The molecule has 3 amide bonds. The Bertz CT molecular complexity index is 2070. The highest BCUT2D eigenvalue weighted by molar-refractivity contribution is 8.00. The molecule has 246 valence electrons. The van der Waals surface area contributed by atoms with Crippen molar-refractivity contribution in [3.8, 4) is 11.3 Å². The third-order valence-corrected chi connectivity index (χ3v) is 8.66. The van der Waals surface area contributed by atoms with E-state index in [1.54, 1.807) is 79.0 Å². The van der Waals surface area contributed by atoms with Gasteiger partial charge in [0.05, 0.1) is 20.8 Å². The fraction of sp³-hybridized carbons (Fsp3) is 0.0588. The third-order valence-electron chi connectivity index (χ3n) is 6.80. The number of nitrogens with one attached hydrogen (secondary N) is 3. The van der Waals surface area contributed by atoms with Crippen molar-refractivity contribution in [1.82, 2.24) is 10.3 Å². The Kier molecular flexibility index (Phi) is 10.9. The van der Waals surface area contributed by atoms with Gasteiger partial charge in [0, 0.05) is 51.4 Å². The van der Waals surface area contributed by atoms with E-state index < -0.39 is 26.9 Å². The number of carbonyl (C=O) groups excluding carboxylic acids is 3. The van der Waals surface area contributed by atoms with Gasteiger partial charge in [-0.1, -0.05) is 36.4 Å². The summed E-state index contributed by atoms with van der Waals surface area (Å²) >= 11 is 2.44. The molecule has 0 aliphatic heterocycles. The van der Waals surface area contributed by atoms with Crippen LogP contribution in [0.2, 0.25) is 0 Å². The molecule has 49 heavy (non-hydrogen) atoms. The molecule has 4 aromatic carbocycles. The molecule has 1 heterocycles. The van der Waals surface area contributed by atoms with Gasteiger partial charge in [0.2, 0.25) is 5.91 Å². The lowest BCUT2D eigenvalue weighted by Gasteiger charge is -2.13. The Labute approximate surface area is 287 Å². The van der Waals surface area contributed by atoms with Crippen LogP contribution in [-0.2, 0) is 9.59 Å². The molecular weight excluding hydrogens is 669 g/mol. The van der Waals surface area contributed by atoms with E-state index in [1.165, 1.54) is 65.6 Å². The molecule has 5 aromatic rings. The van der Waals surface area contributed by atoms with Gasteiger partial charge in [-0.15, -0.1) is 23.1 Å². The van der Waals surface area contributed by atoms with E-state index in [2.05, 4.69) is 20.9 Å². The molecular formula is C34H26N6O7S2. The predicted molar refractivity (Wildman–Crippen MR) is 188 cm³/mol. The molecule has 0 fully saturated rings. The highest BCUT2D eigenvalue weighted by Crippen LogP contribution is 2.30. The van der Waals surface area contributed by atoms with Crippen molar-refractivity contribution in [3.05, 3.63) is 146 Å². The van der Waals surface area contributed by atoms with Crippen molar-refractivity contribution in [1.29, 1.82) is 0 Å². The Morgan fingerprint density at radius 3 is 2.27 bits per heavy atom. The molecule has 13 nitrogen and oxygen atoms in total. The summed E-state index contributed by atoms with van der Waals surface area (Å²) in [5, 5.41) is 31.8. The molecule has 0 aliphatic carbocycles. The molecule has 1 aromatic heterocycles. The quantitative estimate of drug-likeness (QED) is 0.0527. The van der Waals surface area contributed by atoms with Crippen LogP contribution in [-0.4, -0.2) is 37.8 Å². The molecule has 3 N–H and O–H groups in total. The predicted octanol–water partition coefficient (Wildman–Crippen LogP) is 7.16. The van der Waals surface area contributed by atoms with Crippen molar-refractivity contribution < 1.29 is 24.2 Å². The number of anilines is 2. The number of hydrogen-bond donors (Lipinski definition) is 3. The monoisotopic (exact) mass is 694 g/mol. The number of non-ortho nitro benzene ring substituents is 2. The van der Waals surface area contributed by atoms with Gasteiger partial charge in [0.25, 0.3) is 23.2 Å². The number of aromatic nitrogens is 1. The lowest BCUT2D eigenvalue weighted by atomic mass is 10.1. The molecule has 5 rings (SSSR count). The van der Waals surface area contributed by atoms with Gasteiger partial charge in [0.15, 0.2) is 5.13 Å². The van der Waals surface area contributed by atoms with Gasteiger partial charge in [-0.25, -0.2) is 4.98 Å². The number of thioether (sulfide) groups is 1. The molecule has 0 saturated carbocycles. The van der Waals surface area contributed by atoms with Crippen LogP contribution in [0.25, 0.3) is 17.3 Å². The topological polar surface area (TPSA) is 186 Å². The standard InChI is InChI=1S/C34H26N6O7S2/c1-21(31(41)38-34-37-30(20-48-34)24-9-5-11-27(18-24)40(46)47)49-28-12-6-10-25(19-28)35-33(43)29(36-32(42)23-7-3-2-4-8-23)17-22-13-15-26(16-14-22)39(44)45/h2-21H,1H3,(H,35,43)(H,36,42)(H,37,38,41)/b29-17+. The number of nitro benzene ring substituents is 2. The van der Waals surface area contributed by atoms with Crippen LogP contribution < -0.4 is 16.0 Å². The van der Waals surface area contributed by atoms with Gasteiger partial charge in [-0.2, -0.15) is 0 Å². The Morgan fingerprint density at radius 2 is 1.55 bits per heavy atom. The molecule has 1 unspecified atom stereocenters. The van der Waals surface area contributed by atoms with Gasteiger partial charge in [-0.3, -0.25) is 34.6 Å². The summed E-state index contributed by atoms with van der Waals surface area (Å²) in [7, 11) is 0. The number of rotatable bonds is 12. The molecule has 1 atom stereocenters. The zero-order valence-corrected chi connectivity index (χ0v) is 27.2. The smallest absolute Gasteiger partial charge is 0.272 e. The average Bonchev–Trinajstić information content (AvgIpc) is 3.57. The second-order valence-electron chi connectivity index (χ2n) is 10.3. The van der Waals surface area contributed by atoms with Crippen LogP contribution in [0.3, 0.4) is 0 Å². The number of benzene rings is 4. The van der Waals surface area contributed by atoms with Gasteiger partial charge < -0.3 is 16.0 Å². The van der Waals surface area contributed by atoms with Crippen molar-refractivity contribution in [3.63, 3.8) is 0 Å². The Balaban J connectivity index is 1.26. The number of hydrogen-bond acceptors (Lipinski definition) is 10. The van der Waals surface area contributed by atoms with Crippen molar-refractivity contribution in [2.45, 2.75) is 17.1 Å². The fourth-order valence-corrected chi connectivity index (χ4v) is 6.00. The lowest BCUT2D eigenvalue weighted by molar-refractivity contribution is -0.385. The SMILES string of the molecule is CC(Sc1cccc(NC(=O)/C(=C\c2ccc([N+](=O)[O-])cc2)NC(=O)c2ccccc2)c1)C(=O)Nc1nc(-c2cccc([N+](=O)[O-])c2)cs1. The summed E-state index contributed by atoms with van der Waals surface area (Å²) in [6.45, 7) is 1.71. The summed E-state index contributed by atoms with van der Waals surface area (Å²) in [5.74, 6) is -1.49. The zero-order valence-electron chi connectivity index (χ0n) is 25.6. The van der Waals surface area contributed by atoms with E-state index >= 15 is 0 Å². The van der Waals surface area contributed by atoms with E-state index in [4.69, 9.17) is 0 Å². The van der Waals surface area contributed by atoms with Crippen molar-refractivity contribution >= 4 is 69.1 Å². The van der Waals surface area contributed by atoms with Gasteiger partial charge in [0.1, 0.15) is 5.70 Å². The Morgan fingerprint density at radius 1 is 0.837 bits per heavy atom. The zero-order chi connectivity index (χ0) is 34.9. The molecule has 0 aliphatic rings. The summed E-state index contributed by atoms with van der Waals surface area (Å²) in [6, 6.07) is 26.7. The first-order valence-electron chi connectivity index (χ1n) is 14.5. The first-order valence-corrected chi connectivity index (χ1v) is 16.2. The number of amides is 3. The minimum absolute atomic E-state index is 0.0619. The molecule has 0 radical (unpaired) electrons. The van der Waals surface area contributed by atoms with Crippen molar-refractivity contribution in [2.75, 3.05) is 10.6 Å². The third kappa shape index (κ3) is 9.21.